The molecule has 1 amide bonds. The van der Waals surface area contributed by atoms with E-state index < -0.39 is 0 Å². The molecule has 0 aliphatic carbocycles. The van der Waals surface area contributed by atoms with Crippen LogP contribution in [0.4, 0.5) is 0 Å². The lowest BCUT2D eigenvalue weighted by Gasteiger charge is -2.24. The van der Waals surface area contributed by atoms with Crippen LogP contribution in [0, 0.1) is 20.8 Å². The van der Waals surface area contributed by atoms with Crippen LogP contribution in [0.5, 0.6) is 0 Å². The van der Waals surface area contributed by atoms with Gasteiger partial charge in [-0.05, 0) is 44.7 Å². The zero-order valence-corrected chi connectivity index (χ0v) is 13.4. The number of ketones is 1. The molecule has 1 aliphatic heterocycles. The standard InChI is InChI=1S/C18H25NO2/c1-13-10-14(2)18(15(3)11-13)16(20)12-19-9-7-5-4-6-8-17(19)21/h10-11H,4-9,12H2,1-3H3. The third kappa shape index (κ3) is 3.93. The number of rotatable bonds is 3. The van der Waals surface area contributed by atoms with Crippen LogP contribution in [-0.4, -0.2) is 29.7 Å². The molecule has 0 N–H and O–H groups in total. The first-order valence-corrected chi connectivity index (χ1v) is 7.88. The Kier molecular flexibility index (Phi) is 5.16. The Morgan fingerprint density at radius 1 is 1.05 bits per heavy atom. The average Bonchev–Trinajstić information content (AvgIpc) is 2.37. The number of hydrogen-bond acceptors (Lipinski definition) is 2. The van der Waals surface area contributed by atoms with Crippen LogP contribution in [0.15, 0.2) is 12.1 Å². The van der Waals surface area contributed by atoms with E-state index in [1.807, 2.05) is 32.9 Å². The molecule has 0 bridgehead atoms. The molecule has 3 heteroatoms. The van der Waals surface area contributed by atoms with Gasteiger partial charge in [-0.1, -0.05) is 30.5 Å². The molecule has 0 saturated carbocycles. The molecule has 0 radical (unpaired) electrons. The smallest absolute Gasteiger partial charge is 0.222 e. The van der Waals surface area contributed by atoms with E-state index in [9.17, 15) is 9.59 Å². The van der Waals surface area contributed by atoms with Crippen molar-refractivity contribution in [2.24, 2.45) is 0 Å². The molecule has 1 heterocycles. The Morgan fingerprint density at radius 3 is 2.33 bits per heavy atom. The van der Waals surface area contributed by atoms with Gasteiger partial charge in [0.15, 0.2) is 5.78 Å². The fraction of sp³-hybridized carbons (Fsp3) is 0.556. The van der Waals surface area contributed by atoms with Crippen LogP contribution >= 0.6 is 0 Å². The molecular weight excluding hydrogens is 262 g/mol. The van der Waals surface area contributed by atoms with Gasteiger partial charge in [0.25, 0.3) is 0 Å². The first-order valence-electron chi connectivity index (χ1n) is 7.88. The summed E-state index contributed by atoms with van der Waals surface area (Å²) in [4.78, 5) is 26.5. The molecule has 0 atom stereocenters. The summed E-state index contributed by atoms with van der Waals surface area (Å²) >= 11 is 0. The second-order valence-electron chi connectivity index (χ2n) is 6.18. The van der Waals surface area contributed by atoms with Crippen LogP contribution in [0.3, 0.4) is 0 Å². The van der Waals surface area contributed by atoms with Gasteiger partial charge in [-0.15, -0.1) is 0 Å². The van der Waals surface area contributed by atoms with Crippen LogP contribution < -0.4 is 0 Å². The van der Waals surface area contributed by atoms with Crippen molar-refractivity contribution in [3.8, 4) is 0 Å². The summed E-state index contributed by atoms with van der Waals surface area (Å²) in [5.74, 6) is 0.199. The summed E-state index contributed by atoms with van der Waals surface area (Å²) in [6.45, 7) is 6.93. The van der Waals surface area contributed by atoms with Gasteiger partial charge in [0.2, 0.25) is 5.91 Å². The van der Waals surface area contributed by atoms with Crippen LogP contribution in [0.25, 0.3) is 0 Å². The number of carbonyl (C=O) groups is 2. The summed E-state index contributed by atoms with van der Waals surface area (Å²) in [5.41, 5.74) is 3.98. The van der Waals surface area contributed by atoms with Gasteiger partial charge >= 0.3 is 0 Å². The quantitative estimate of drug-likeness (QED) is 0.797. The van der Waals surface area contributed by atoms with Gasteiger partial charge < -0.3 is 4.90 Å². The van der Waals surface area contributed by atoms with Gasteiger partial charge in [-0.2, -0.15) is 0 Å². The zero-order valence-electron chi connectivity index (χ0n) is 13.4. The highest BCUT2D eigenvalue weighted by molar-refractivity contribution is 6.01. The van der Waals surface area contributed by atoms with Gasteiger partial charge in [-0.25, -0.2) is 0 Å². The van der Waals surface area contributed by atoms with E-state index in [0.29, 0.717) is 13.0 Å². The summed E-state index contributed by atoms with van der Waals surface area (Å²) in [6, 6.07) is 4.07. The van der Waals surface area contributed by atoms with E-state index >= 15 is 0 Å². The number of likely N-dealkylation sites (tertiary alicyclic amines) is 1. The number of hydrogen-bond donors (Lipinski definition) is 0. The van der Waals surface area contributed by atoms with Gasteiger partial charge in [0.05, 0.1) is 6.54 Å². The van der Waals surface area contributed by atoms with Crippen molar-refractivity contribution in [3.63, 3.8) is 0 Å². The highest BCUT2D eigenvalue weighted by Gasteiger charge is 2.21. The second-order valence-corrected chi connectivity index (χ2v) is 6.18. The molecule has 0 spiro atoms. The monoisotopic (exact) mass is 287 g/mol. The van der Waals surface area contributed by atoms with E-state index in [4.69, 9.17) is 0 Å². The third-order valence-electron chi connectivity index (χ3n) is 4.21. The molecule has 21 heavy (non-hydrogen) atoms. The minimum atomic E-state index is 0.0684. The number of aryl methyl sites for hydroxylation is 3. The van der Waals surface area contributed by atoms with Crippen LogP contribution in [0.2, 0.25) is 0 Å². The fourth-order valence-electron chi connectivity index (χ4n) is 3.25. The lowest BCUT2D eigenvalue weighted by atomic mass is 9.96. The number of nitrogens with zero attached hydrogens (tertiary/aromatic N) is 1. The molecular formula is C18H25NO2. The first kappa shape index (κ1) is 15.7. The Bertz CT molecular complexity index is 525. The van der Waals surface area contributed by atoms with Crippen LogP contribution in [-0.2, 0) is 4.79 Å². The Labute approximate surface area is 127 Å². The SMILES string of the molecule is Cc1cc(C)c(C(=O)CN2CCCCCCC2=O)c(C)c1. The van der Waals surface area contributed by atoms with Gasteiger partial charge in [0, 0.05) is 18.5 Å². The predicted molar refractivity (Wildman–Crippen MR) is 84.6 cm³/mol. The molecule has 114 valence electrons. The summed E-state index contributed by atoms with van der Waals surface area (Å²) < 4.78 is 0. The first-order chi connectivity index (χ1) is 9.99. The normalized spacial score (nSPS) is 16.5. The summed E-state index contributed by atoms with van der Waals surface area (Å²) in [7, 11) is 0. The molecule has 1 fully saturated rings. The molecule has 2 rings (SSSR count). The van der Waals surface area contributed by atoms with Crippen LogP contribution in [0.1, 0.15) is 59.2 Å². The lowest BCUT2D eigenvalue weighted by Crippen LogP contribution is -2.37. The second kappa shape index (κ2) is 6.88. The molecule has 1 saturated heterocycles. The number of carbonyl (C=O) groups excluding carboxylic acids is 2. The van der Waals surface area contributed by atoms with E-state index in [1.54, 1.807) is 4.90 Å². The minimum absolute atomic E-state index is 0.0684. The summed E-state index contributed by atoms with van der Waals surface area (Å²) in [6.07, 6.45) is 4.82. The number of benzene rings is 1. The highest BCUT2D eigenvalue weighted by atomic mass is 16.2. The Balaban J connectivity index is 2.15. The Hall–Kier alpha value is -1.64. The Morgan fingerprint density at radius 2 is 1.67 bits per heavy atom. The third-order valence-corrected chi connectivity index (χ3v) is 4.21. The van der Waals surface area contributed by atoms with Crippen molar-refractivity contribution >= 4 is 11.7 Å². The minimum Gasteiger partial charge on any atom is -0.335 e. The maximum absolute atomic E-state index is 12.6. The molecule has 1 aromatic rings. The highest BCUT2D eigenvalue weighted by Crippen LogP contribution is 2.18. The molecule has 0 unspecified atom stereocenters. The summed E-state index contributed by atoms with van der Waals surface area (Å²) in [5, 5.41) is 0. The zero-order chi connectivity index (χ0) is 15.4. The number of Topliss-reactive ketones (excluding diaryl/α,β-unsaturated/α-hetero) is 1. The van der Waals surface area contributed by atoms with E-state index in [0.717, 1.165) is 42.4 Å². The predicted octanol–water partition coefficient (Wildman–Crippen LogP) is 3.59. The van der Waals surface area contributed by atoms with Gasteiger partial charge in [0.1, 0.15) is 0 Å². The molecule has 3 nitrogen and oxygen atoms in total. The largest absolute Gasteiger partial charge is 0.335 e. The molecule has 0 aromatic heterocycles. The van der Waals surface area contributed by atoms with E-state index in [2.05, 4.69) is 0 Å². The van der Waals surface area contributed by atoms with Crippen molar-refractivity contribution in [3.05, 3.63) is 34.4 Å². The van der Waals surface area contributed by atoms with Gasteiger partial charge in [-0.3, -0.25) is 9.59 Å². The van der Waals surface area contributed by atoms with E-state index in [-0.39, 0.29) is 18.2 Å². The number of amides is 1. The van der Waals surface area contributed by atoms with Crippen molar-refractivity contribution in [1.29, 1.82) is 0 Å². The lowest BCUT2D eigenvalue weighted by molar-refractivity contribution is -0.131. The molecule has 1 aromatic carbocycles. The fourth-order valence-corrected chi connectivity index (χ4v) is 3.25. The van der Waals surface area contributed by atoms with Crippen molar-refractivity contribution in [1.82, 2.24) is 4.90 Å². The van der Waals surface area contributed by atoms with Crippen molar-refractivity contribution < 1.29 is 9.59 Å². The maximum Gasteiger partial charge on any atom is 0.222 e. The molecule has 1 aliphatic rings. The maximum atomic E-state index is 12.6. The average molecular weight is 287 g/mol. The van der Waals surface area contributed by atoms with Crippen molar-refractivity contribution in [2.45, 2.75) is 52.9 Å². The van der Waals surface area contributed by atoms with Crippen molar-refractivity contribution in [2.75, 3.05) is 13.1 Å². The topological polar surface area (TPSA) is 37.4 Å². The van der Waals surface area contributed by atoms with E-state index in [1.165, 1.54) is 5.56 Å².